The van der Waals surface area contributed by atoms with Crippen LogP contribution < -0.4 is 0 Å². The third-order valence-electron chi connectivity index (χ3n) is 1.54. The summed E-state index contributed by atoms with van der Waals surface area (Å²) in [6.45, 7) is -1.55. The van der Waals surface area contributed by atoms with Crippen molar-refractivity contribution in [2.24, 2.45) is 0 Å². The third-order valence-corrected chi connectivity index (χ3v) is 1.54. The number of aliphatic hydroxyl groups excluding tert-OH is 1. The lowest BCUT2D eigenvalue weighted by Gasteiger charge is -2.13. The fourth-order valence-electron chi connectivity index (χ4n) is 0.871. The van der Waals surface area contributed by atoms with Crippen LogP contribution in [-0.4, -0.2) is 11.7 Å². The van der Waals surface area contributed by atoms with Crippen LogP contribution >= 0.6 is 0 Å². The Bertz CT molecular complexity index is 311. The van der Waals surface area contributed by atoms with Crippen molar-refractivity contribution in [3.63, 3.8) is 0 Å². The first-order chi connectivity index (χ1) is 5.99. The van der Waals surface area contributed by atoms with E-state index in [9.17, 15) is 17.6 Å². The molecule has 0 spiro atoms. The minimum absolute atomic E-state index is 0.728. The summed E-state index contributed by atoms with van der Waals surface area (Å²) in [6, 6.07) is 2.41. The van der Waals surface area contributed by atoms with Crippen LogP contribution in [0.4, 0.5) is 17.6 Å². The molecule has 1 N–H and O–H groups in total. The summed E-state index contributed by atoms with van der Waals surface area (Å²) >= 11 is 0. The van der Waals surface area contributed by atoms with Crippen molar-refractivity contribution in [1.82, 2.24) is 0 Å². The van der Waals surface area contributed by atoms with Gasteiger partial charge in [0.2, 0.25) is 0 Å². The van der Waals surface area contributed by atoms with Crippen LogP contribution in [0.3, 0.4) is 0 Å². The lowest BCUT2D eigenvalue weighted by molar-refractivity contribution is -0.0586. The van der Waals surface area contributed by atoms with Gasteiger partial charge in [-0.1, -0.05) is 6.07 Å². The van der Waals surface area contributed by atoms with E-state index >= 15 is 0 Å². The molecule has 72 valence electrons. The summed E-state index contributed by atoms with van der Waals surface area (Å²) in [5.74, 6) is -6.72. The van der Waals surface area contributed by atoms with Gasteiger partial charge in [-0.15, -0.1) is 0 Å². The SMILES string of the molecule is OCC(F)(F)c1cccc(F)c1F. The minimum atomic E-state index is -3.74. The summed E-state index contributed by atoms with van der Waals surface area (Å²) in [5.41, 5.74) is -1.13. The maximum atomic E-state index is 12.7. The van der Waals surface area contributed by atoms with Crippen molar-refractivity contribution in [2.45, 2.75) is 5.92 Å². The lowest BCUT2D eigenvalue weighted by atomic mass is 10.1. The lowest BCUT2D eigenvalue weighted by Crippen LogP contribution is -2.20. The van der Waals surface area contributed by atoms with E-state index in [-0.39, 0.29) is 0 Å². The minimum Gasteiger partial charge on any atom is -0.390 e. The average Bonchev–Trinajstić information content (AvgIpc) is 2.09. The molecule has 0 saturated carbocycles. The fourth-order valence-corrected chi connectivity index (χ4v) is 0.871. The molecule has 0 atom stereocenters. The van der Waals surface area contributed by atoms with E-state index in [1.54, 1.807) is 0 Å². The molecule has 0 amide bonds. The summed E-state index contributed by atoms with van der Waals surface area (Å²) in [6.07, 6.45) is 0. The molecule has 0 radical (unpaired) electrons. The van der Waals surface area contributed by atoms with Crippen LogP contribution in [0.25, 0.3) is 0 Å². The molecular weight excluding hydrogens is 188 g/mol. The monoisotopic (exact) mass is 194 g/mol. The molecule has 0 fully saturated rings. The first kappa shape index (κ1) is 9.98. The standard InChI is InChI=1S/C8H6F4O/c9-6-3-1-2-5(7(6)10)8(11,12)4-13/h1-3,13H,4H2. The van der Waals surface area contributed by atoms with Gasteiger partial charge >= 0.3 is 0 Å². The molecule has 0 bridgehead atoms. The van der Waals surface area contributed by atoms with Crippen molar-refractivity contribution in [3.8, 4) is 0 Å². The molecule has 13 heavy (non-hydrogen) atoms. The number of alkyl halides is 2. The van der Waals surface area contributed by atoms with E-state index in [4.69, 9.17) is 5.11 Å². The molecule has 0 aliphatic rings. The Morgan fingerprint density at radius 2 is 1.85 bits per heavy atom. The Morgan fingerprint density at radius 3 is 2.38 bits per heavy atom. The summed E-state index contributed by atoms with van der Waals surface area (Å²) in [5, 5.41) is 8.22. The van der Waals surface area contributed by atoms with Crippen molar-refractivity contribution in [1.29, 1.82) is 0 Å². The van der Waals surface area contributed by atoms with Gasteiger partial charge in [-0.2, -0.15) is 8.78 Å². The molecule has 0 heterocycles. The van der Waals surface area contributed by atoms with Crippen LogP contribution in [-0.2, 0) is 5.92 Å². The predicted molar refractivity (Wildman–Crippen MR) is 37.3 cm³/mol. The molecular formula is C8H6F4O. The van der Waals surface area contributed by atoms with Crippen molar-refractivity contribution < 1.29 is 22.7 Å². The molecule has 0 aliphatic carbocycles. The van der Waals surface area contributed by atoms with Crippen LogP contribution in [0.2, 0.25) is 0 Å². The Balaban J connectivity index is 3.22. The predicted octanol–water partition coefficient (Wildman–Crippen LogP) is 2.05. The average molecular weight is 194 g/mol. The molecule has 1 nitrogen and oxygen atoms in total. The van der Waals surface area contributed by atoms with Gasteiger partial charge in [-0.25, -0.2) is 8.78 Å². The first-order valence-corrected chi connectivity index (χ1v) is 3.42. The second-order valence-electron chi connectivity index (χ2n) is 2.46. The van der Waals surface area contributed by atoms with E-state index in [0.717, 1.165) is 18.2 Å². The van der Waals surface area contributed by atoms with Gasteiger partial charge in [0.15, 0.2) is 11.6 Å². The molecule has 0 aromatic heterocycles. The molecule has 1 rings (SSSR count). The van der Waals surface area contributed by atoms with E-state index < -0.39 is 29.7 Å². The number of halogens is 4. The Hall–Kier alpha value is -1.10. The van der Waals surface area contributed by atoms with Crippen LogP contribution in [0.5, 0.6) is 0 Å². The normalized spacial score (nSPS) is 11.8. The zero-order valence-corrected chi connectivity index (χ0v) is 6.40. The maximum absolute atomic E-state index is 12.7. The topological polar surface area (TPSA) is 20.2 Å². The molecule has 1 aromatic rings. The van der Waals surface area contributed by atoms with Gasteiger partial charge in [0.1, 0.15) is 6.61 Å². The fraction of sp³-hybridized carbons (Fsp3) is 0.250. The second kappa shape index (κ2) is 3.33. The highest BCUT2D eigenvalue weighted by Crippen LogP contribution is 2.29. The smallest absolute Gasteiger partial charge is 0.298 e. The van der Waals surface area contributed by atoms with Gasteiger partial charge < -0.3 is 5.11 Å². The largest absolute Gasteiger partial charge is 0.390 e. The van der Waals surface area contributed by atoms with Crippen molar-refractivity contribution in [3.05, 3.63) is 35.4 Å². The van der Waals surface area contributed by atoms with Crippen LogP contribution in [0.15, 0.2) is 18.2 Å². The number of hydrogen-bond donors (Lipinski definition) is 1. The highest BCUT2D eigenvalue weighted by atomic mass is 19.3. The van der Waals surface area contributed by atoms with Crippen molar-refractivity contribution >= 4 is 0 Å². The van der Waals surface area contributed by atoms with E-state index in [0.29, 0.717) is 0 Å². The van der Waals surface area contributed by atoms with Gasteiger partial charge in [-0.3, -0.25) is 0 Å². The maximum Gasteiger partial charge on any atom is 0.298 e. The third kappa shape index (κ3) is 1.80. The summed E-state index contributed by atoms with van der Waals surface area (Å²) < 4.78 is 50.5. The van der Waals surface area contributed by atoms with Gasteiger partial charge in [-0.05, 0) is 12.1 Å². The molecule has 1 aromatic carbocycles. The molecule has 0 saturated heterocycles. The van der Waals surface area contributed by atoms with Crippen LogP contribution in [0.1, 0.15) is 5.56 Å². The van der Waals surface area contributed by atoms with Gasteiger partial charge in [0.05, 0.1) is 5.56 Å². The highest BCUT2D eigenvalue weighted by Gasteiger charge is 2.34. The Labute approximate surface area is 71.6 Å². The number of benzene rings is 1. The number of aliphatic hydroxyl groups is 1. The quantitative estimate of drug-likeness (QED) is 0.714. The molecule has 5 heteroatoms. The molecule has 0 aliphatic heterocycles. The number of rotatable bonds is 2. The zero-order chi connectivity index (χ0) is 10.1. The van der Waals surface area contributed by atoms with E-state index in [2.05, 4.69) is 0 Å². The second-order valence-corrected chi connectivity index (χ2v) is 2.46. The molecule has 0 unspecified atom stereocenters. The summed E-state index contributed by atoms with van der Waals surface area (Å²) in [4.78, 5) is 0. The Kier molecular flexibility index (Phi) is 2.56. The van der Waals surface area contributed by atoms with Crippen molar-refractivity contribution in [2.75, 3.05) is 6.61 Å². The Morgan fingerprint density at radius 1 is 1.23 bits per heavy atom. The summed E-state index contributed by atoms with van der Waals surface area (Å²) in [7, 11) is 0. The van der Waals surface area contributed by atoms with E-state index in [1.165, 1.54) is 0 Å². The van der Waals surface area contributed by atoms with E-state index in [1.807, 2.05) is 0 Å². The zero-order valence-electron chi connectivity index (χ0n) is 6.40. The van der Waals surface area contributed by atoms with Gasteiger partial charge in [0.25, 0.3) is 5.92 Å². The highest BCUT2D eigenvalue weighted by molar-refractivity contribution is 5.23. The first-order valence-electron chi connectivity index (χ1n) is 3.42. The van der Waals surface area contributed by atoms with Gasteiger partial charge in [0, 0.05) is 0 Å². The number of hydrogen-bond acceptors (Lipinski definition) is 1. The van der Waals surface area contributed by atoms with Crippen LogP contribution in [0, 0.1) is 11.6 Å².